The van der Waals surface area contributed by atoms with Crippen LogP contribution < -0.4 is 37.2 Å². The monoisotopic (exact) mass is 274 g/mol. The Bertz CT molecular complexity index is 197. The Morgan fingerprint density at radius 2 is 1.23 bits per heavy atom. The van der Waals surface area contributed by atoms with E-state index in [1.165, 1.54) is 22.6 Å². The van der Waals surface area contributed by atoms with Crippen molar-refractivity contribution in [2.45, 2.75) is 27.7 Å². The number of rotatable bonds is 0. The first-order valence-electron chi connectivity index (χ1n) is 3.33. The summed E-state index contributed by atoms with van der Waals surface area (Å²) in [5.74, 6) is 1.45. The van der Waals surface area contributed by atoms with Gasteiger partial charge in [0.15, 0.2) is 0 Å². The first-order chi connectivity index (χ1) is 4.13. The normalized spacial score (nSPS) is 14.6. The molecule has 0 heterocycles. The summed E-state index contributed by atoms with van der Waals surface area (Å²) >= 11 is 0. The molecule has 1 rings (SSSR count). The number of halogens is 3. The molecule has 0 nitrogen and oxygen atoms in total. The topological polar surface area (TPSA) is 0 Å². The Kier molecular flexibility index (Phi) is 17.5. The van der Waals surface area contributed by atoms with Crippen molar-refractivity contribution in [3.05, 3.63) is 28.7 Å². The average Bonchev–Trinajstić information content (AvgIpc) is 1.98. The Balaban J connectivity index is -0.000000101. The van der Waals surface area contributed by atoms with E-state index < -0.39 is 0 Å². The molecule has 0 saturated heterocycles. The number of hydrogen-bond donors (Lipinski definition) is 0. The summed E-state index contributed by atoms with van der Waals surface area (Å²) in [5, 5.41) is 0. The fourth-order valence-corrected chi connectivity index (χ4v) is 1.13. The van der Waals surface area contributed by atoms with Crippen molar-refractivity contribution < 1.29 is 58.9 Å². The Hall–Kier alpha value is 1.06. The van der Waals surface area contributed by atoms with Crippen molar-refractivity contribution in [3.63, 3.8) is 0 Å². The van der Waals surface area contributed by atoms with Crippen molar-refractivity contribution in [2.75, 3.05) is 0 Å². The van der Waals surface area contributed by atoms with Gasteiger partial charge in [0, 0.05) is 5.92 Å². The van der Waals surface area contributed by atoms with Crippen molar-refractivity contribution in [1.29, 1.82) is 0 Å². The third-order valence-corrected chi connectivity index (χ3v) is 2.18. The van der Waals surface area contributed by atoms with Crippen LogP contribution in [0, 0.1) is 5.92 Å². The number of allylic oxidation sites excluding steroid dienone is 4. The second-order valence-electron chi connectivity index (χ2n) is 2.76. The molecule has 13 heavy (non-hydrogen) atoms. The zero-order valence-electron chi connectivity index (χ0n) is 8.21. The van der Waals surface area contributed by atoms with E-state index in [9.17, 15) is 0 Å². The molecule has 0 bridgehead atoms. The van der Waals surface area contributed by atoms with Gasteiger partial charge in [0.05, 0.1) is 0 Å². The van der Waals surface area contributed by atoms with Gasteiger partial charge in [-0.2, -0.15) is 0 Å². The summed E-state index contributed by atoms with van der Waals surface area (Å²) in [6.45, 7) is 8.68. The third kappa shape index (κ3) is 5.49. The molecule has 0 aromatic carbocycles. The van der Waals surface area contributed by atoms with E-state index in [-0.39, 0.29) is 58.9 Å². The molecule has 0 atom stereocenters. The molecule has 0 aliphatic heterocycles. The average molecular weight is 275 g/mol. The third-order valence-electron chi connectivity index (χ3n) is 2.18. The first kappa shape index (κ1) is 23.7. The molecule has 1 aliphatic rings. The minimum atomic E-state index is 0. The molecule has 4 heteroatoms. The summed E-state index contributed by atoms with van der Waals surface area (Å²) in [4.78, 5) is 0. The molecular formula is C9H13Cl3Ti. The van der Waals surface area contributed by atoms with Gasteiger partial charge in [-0.15, -0.1) is 0 Å². The zero-order valence-corrected chi connectivity index (χ0v) is 12.0. The van der Waals surface area contributed by atoms with E-state index in [2.05, 4.69) is 33.8 Å². The van der Waals surface area contributed by atoms with Crippen LogP contribution in [0.5, 0.6) is 0 Å². The van der Waals surface area contributed by atoms with Gasteiger partial charge in [-0.05, 0) is 20.8 Å². The van der Waals surface area contributed by atoms with E-state index in [0.717, 1.165) is 0 Å². The minimum absolute atomic E-state index is 0. The minimum Gasteiger partial charge on any atom is -1.00 e. The molecule has 0 amide bonds. The van der Waals surface area contributed by atoms with Gasteiger partial charge < -0.3 is 37.2 Å². The van der Waals surface area contributed by atoms with Crippen LogP contribution in [0.25, 0.3) is 0 Å². The van der Waals surface area contributed by atoms with E-state index in [0.29, 0.717) is 0 Å². The molecule has 1 aliphatic carbocycles. The second kappa shape index (κ2) is 9.61. The Labute approximate surface area is 115 Å². The summed E-state index contributed by atoms with van der Waals surface area (Å²) in [7, 11) is 0. The van der Waals surface area contributed by atoms with Gasteiger partial charge in [-0.1, -0.05) is 29.7 Å². The van der Waals surface area contributed by atoms with Gasteiger partial charge in [0.1, 0.15) is 0 Å². The molecule has 0 aromatic rings. The maximum absolute atomic E-state index is 2.24. The maximum Gasteiger partial charge on any atom is 3.00 e. The standard InChI is InChI=1S/C9H13.3ClH.Ti/c1-6-5-7(2)9(4)8(6)3;;;;/h5H,1-4H3;3*1H;/q;;;;+3/p-3. The predicted molar refractivity (Wildman–Crippen MR) is 41.0 cm³/mol. The van der Waals surface area contributed by atoms with Crippen LogP contribution in [0.4, 0.5) is 0 Å². The molecule has 0 fully saturated rings. The first-order valence-corrected chi connectivity index (χ1v) is 3.33. The van der Waals surface area contributed by atoms with Gasteiger partial charge in [-0.25, -0.2) is 0 Å². The van der Waals surface area contributed by atoms with E-state index in [1.54, 1.807) is 0 Å². The molecule has 0 N–H and O–H groups in total. The van der Waals surface area contributed by atoms with Crippen molar-refractivity contribution >= 4 is 0 Å². The van der Waals surface area contributed by atoms with Crippen LogP contribution in [0.2, 0.25) is 0 Å². The van der Waals surface area contributed by atoms with Crippen LogP contribution in [-0.4, -0.2) is 0 Å². The summed E-state index contributed by atoms with van der Waals surface area (Å²) in [6.07, 6.45) is 2.24. The molecule has 0 spiro atoms. The van der Waals surface area contributed by atoms with Gasteiger partial charge in [0.25, 0.3) is 0 Å². The maximum atomic E-state index is 2.24. The molecule has 0 unspecified atom stereocenters. The molecule has 0 aromatic heterocycles. The van der Waals surface area contributed by atoms with Crippen molar-refractivity contribution in [2.24, 2.45) is 0 Å². The van der Waals surface area contributed by atoms with Gasteiger partial charge in [-0.3, -0.25) is 0 Å². The van der Waals surface area contributed by atoms with Gasteiger partial charge in [0.2, 0.25) is 0 Å². The predicted octanol–water partition coefficient (Wildman–Crippen LogP) is -6.11. The van der Waals surface area contributed by atoms with E-state index in [1.807, 2.05) is 0 Å². The molecule has 2 radical (unpaired) electrons. The summed E-state index contributed by atoms with van der Waals surface area (Å²) in [6, 6.07) is 0. The largest absolute Gasteiger partial charge is 3.00 e. The van der Waals surface area contributed by atoms with Crippen molar-refractivity contribution in [3.8, 4) is 0 Å². The van der Waals surface area contributed by atoms with Crippen LogP contribution >= 0.6 is 0 Å². The Morgan fingerprint density at radius 3 is 1.31 bits per heavy atom. The quantitative estimate of drug-likeness (QED) is 0.386. The fourth-order valence-electron chi connectivity index (χ4n) is 1.13. The zero-order chi connectivity index (χ0) is 7.02. The fraction of sp³-hybridized carbons (Fsp3) is 0.444. The molecule has 0 saturated carbocycles. The van der Waals surface area contributed by atoms with Crippen LogP contribution in [-0.2, 0) is 21.7 Å². The molecular weight excluding hydrogens is 262 g/mol. The van der Waals surface area contributed by atoms with Crippen LogP contribution in [0.3, 0.4) is 0 Å². The van der Waals surface area contributed by atoms with Gasteiger partial charge >= 0.3 is 21.7 Å². The van der Waals surface area contributed by atoms with E-state index in [4.69, 9.17) is 0 Å². The summed E-state index contributed by atoms with van der Waals surface area (Å²) < 4.78 is 0. The van der Waals surface area contributed by atoms with Crippen LogP contribution in [0.15, 0.2) is 22.8 Å². The smallest absolute Gasteiger partial charge is 1.00 e. The van der Waals surface area contributed by atoms with E-state index >= 15 is 0 Å². The SMILES string of the molecule is C[C]1C(C)=CC(C)=C1C.[Cl-].[Cl-].[Cl-].[Ti+3]. The van der Waals surface area contributed by atoms with Crippen molar-refractivity contribution in [1.82, 2.24) is 0 Å². The Morgan fingerprint density at radius 1 is 0.846 bits per heavy atom. The molecule has 74 valence electrons. The number of hydrogen-bond acceptors (Lipinski definition) is 0. The van der Waals surface area contributed by atoms with Crippen LogP contribution in [0.1, 0.15) is 27.7 Å². The summed E-state index contributed by atoms with van der Waals surface area (Å²) in [5.41, 5.74) is 4.29. The second-order valence-corrected chi connectivity index (χ2v) is 2.76.